The van der Waals surface area contributed by atoms with Crippen molar-refractivity contribution in [3.8, 4) is 23.2 Å². The smallest absolute Gasteiger partial charge is 0.198 e. The largest absolute Gasteiger partial charge is 0.497 e. The van der Waals surface area contributed by atoms with E-state index < -0.39 is 0 Å². The Balaban J connectivity index is 1.75. The summed E-state index contributed by atoms with van der Waals surface area (Å²) in [6.45, 7) is 0.465. The van der Waals surface area contributed by atoms with Crippen molar-refractivity contribution in [3.05, 3.63) is 72.3 Å². The van der Waals surface area contributed by atoms with E-state index >= 15 is 0 Å². The minimum Gasteiger partial charge on any atom is -0.497 e. The first-order chi connectivity index (χ1) is 13.8. The molecule has 0 aliphatic rings. The first-order valence-electron chi connectivity index (χ1n) is 8.42. The molecule has 3 heterocycles. The van der Waals surface area contributed by atoms with Crippen LogP contribution in [0.3, 0.4) is 0 Å². The maximum absolute atomic E-state index is 9.08. The molecule has 0 unspecified atom stereocenters. The van der Waals surface area contributed by atoms with Crippen LogP contribution in [-0.2, 0) is 6.54 Å². The van der Waals surface area contributed by atoms with Gasteiger partial charge < -0.3 is 9.15 Å². The van der Waals surface area contributed by atoms with Crippen molar-refractivity contribution in [2.24, 2.45) is 0 Å². The SMILES string of the molecule is COc1cccc(-c2nnc(Sc3cccc(C#N)n3)n2Cc2ccco2)c1. The van der Waals surface area contributed by atoms with Crippen LogP contribution in [0.2, 0.25) is 0 Å². The molecule has 8 heteroatoms. The van der Waals surface area contributed by atoms with Crippen LogP contribution in [0.1, 0.15) is 11.5 Å². The lowest BCUT2D eigenvalue weighted by Gasteiger charge is -2.09. The first kappa shape index (κ1) is 17.8. The average Bonchev–Trinajstić information content (AvgIpc) is 3.39. The molecule has 138 valence electrons. The predicted molar refractivity (Wildman–Crippen MR) is 103 cm³/mol. The molecule has 0 radical (unpaired) electrons. The highest BCUT2D eigenvalue weighted by Crippen LogP contribution is 2.30. The average molecular weight is 389 g/mol. The van der Waals surface area contributed by atoms with Crippen molar-refractivity contribution in [1.82, 2.24) is 19.7 Å². The summed E-state index contributed by atoms with van der Waals surface area (Å²) >= 11 is 1.35. The van der Waals surface area contributed by atoms with Crippen LogP contribution in [0, 0.1) is 11.3 Å². The van der Waals surface area contributed by atoms with Gasteiger partial charge in [-0.1, -0.05) is 18.2 Å². The minimum atomic E-state index is 0.357. The molecule has 28 heavy (non-hydrogen) atoms. The molecule has 0 fully saturated rings. The number of pyridine rings is 1. The Morgan fingerprint density at radius 2 is 2.04 bits per heavy atom. The summed E-state index contributed by atoms with van der Waals surface area (Å²) in [4.78, 5) is 4.31. The van der Waals surface area contributed by atoms with E-state index in [2.05, 4.69) is 21.3 Å². The molecular weight excluding hydrogens is 374 g/mol. The molecule has 3 aromatic heterocycles. The van der Waals surface area contributed by atoms with Gasteiger partial charge in [0, 0.05) is 5.56 Å². The monoisotopic (exact) mass is 389 g/mol. The third-order valence-electron chi connectivity index (χ3n) is 3.97. The normalized spacial score (nSPS) is 10.6. The highest BCUT2D eigenvalue weighted by molar-refractivity contribution is 7.99. The Kier molecular flexibility index (Phi) is 5.08. The van der Waals surface area contributed by atoms with Crippen LogP contribution >= 0.6 is 11.8 Å². The summed E-state index contributed by atoms with van der Waals surface area (Å²) in [5.74, 6) is 2.21. The molecule has 4 rings (SSSR count). The third kappa shape index (κ3) is 3.75. The van der Waals surface area contributed by atoms with E-state index in [9.17, 15) is 0 Å². The number of benzene rings is 1. The standard InChI is InChI=1S/C20H15N5O2S/c1-26-16-7-2-5-14(11-16)19-23-24-20(25(19)13-17-8-4-10-27-17)28-18-9-3-6-15(12-21)22-18/h2-11H,13H2,1H3. The number of ether oxygens (including phenoxy) is 1. The van der Waals surface area contributed by atoms with Gasteiger partial charge in [-0.05, 0) is 48.2 Å². The summed E-state index contributed by atoms with van der Waals surface area (Å²) in [5.41, 5.74) is 1.24. The zero-order valence-corrected chi connectivity index (χ0v) is 15.8. The van der Waals surface area contributed by atoms with Crippen molar-refractivity contribution < 1.29 is 9.15 Å². The summed E-state index contributed by atoms with van der Waals surface area (Å²) < 4.78 is 12.8. The van der Waals surface area contributed by atoms with Crippen LogP contribution < -0.4 is 4.74 Å². The van der Waals surface area contributed by atoms with Crippen LogP contribution in [-0.4, -0.2) is 26.9 Å². The van der Waals surface area contributed by atoms with E-state index in [4.69, 9.17) is 14.4 Å². The van der Waals surface area contributed by atoms with Gasteiger partial charge in [-0.25, -0.2) is 4.98 Å². The van der Waals surface area contributed by atoms with Gasteiger partial charge in [0.1, 0.15) is 28.3 Å². The summed E-state index contributed by atoms with van der Waals surface area (Å²) in [7, 11) is 1.63. The minimum absolute atomic E-state index is 0.357. The van der Waals surface area contributed by atoms with Crippen molar-refractivity contribution in [2.45, 2.75) is 16.7 Å². The van der Waals surface area contributed by atoms with E-state index in [1.165, 1.54) is 11.8 Å². The molecule has 1 aromatic carbocycles. The molecule has 0 saturated carbocycles. The van der Waals surface area contributed by atoms with E-state index in [0.717, 1.165) is 17.1 Å². The zero-order valence-electron chi connectivity index (χ0n) is 14.9. The van der Waals surface area contributed by atoms with Gasteiger partial charge in [0.25, 0.3) is 0 Å². The first-order valence-corrected chi connectivity index (χ1v) is 9.23. The molecule has 0 bridgehead atoms. The van der Waals surface area contributed by atoms with Crippen molar-refractivity contribution in [2.75, 3.05) is 7.11 Å². The van der Waals surface area contributed by atoms with Gasteiger partial charge in [-0.15, -0.1) is 10.2 Å². The molecule has 0 atom stereocenters. The van der Waals surface area contributed by atoms with E-state index in [0.29, 0.717) is 28.2 Å². The number of nitrogens with zero attached hydrogens (tertiary/aromatic N) is 5. The second-order valence-corrected chi connectivity index (χ2v) is 6.77. The second kappa shape index (κ2) is 7.98. The van der Waals surface area contributed by atoms with Crippen LogP contribution in [0.5, 0.6) is 5.75 Å². The Morgan fingerprint density at radius 1 is 1.14 bits per heavy atom. The second-order valence-electron chi connectivity index (χ2n) is 5.78. The molecule has 0 aliphatic heterocycles. The fourth-order valence-corrected chi connectivity index (χ4v) is 3.49. The van der Waals surface area contributed by atoms with E-state index in [-0.39, 0.29) is 0 Å². The summed E-state index contributed by atoms with van der Waals surface area (Å²) in [5, 5.41) is 19.1. The maximum atomic E-state index is 9.08. The molecule has 0 amide bonds. The van der Waals surface area contributed by atoms with Crippen LogP contribution in [0.25, 0.3) is 11.4 Å². The molecule has 7 nitrogen and oxygen atoms in total. The van der Waals surface area contributed by atoms with Gasteiger partial charge in [0.2, 0.25) is 0 Å². The third-order valence-corrected chi connectivity index (χ3v) is 4.89. The Bertz CT molecular complexity index is 1130. The fourth-order valence-electron chi connectivity index (χ4n) is 2.67. The van der Waals surface area contributed by atoms with Crippen molar-refractivity contribution in [1.29, 1.82) is 5.26 Å². The van der Waals surface area contributed by atoms with Crippen LogP contribution in [0.15, 0.2) is 75.5 Å². The lowest BCUT2D eigenvalue weighted by molar-refractivity contribution is 0.415. The molecular formula is C20H15N5O2S. The number of hydrogen-bond acceptors (Lipinski definition) is 7. The van der Waals surface area contributed by atoms with Gasteiger partial charge in [0.15, 0.2) is 11.0 Å². The highest BCUT2D eigenvalue weighted by Gasteiger charge is 2.17. The Hall–Kier alpha value is -3.57. The molecule has 4 aromatic rings. The number of aromatic nitrogens is 4. The van der Waals surface area contributed by atoms with Gasteiger partial charge in [0.05, 0.1) is 19.9 Å². The van der Waals surface area contributed by atoms with Gasteiger partial charge in [-0.2, -0.15) is 5.26 Å². The van der Waals surface area contributed by atoms with Crippen LogP contribution in [0.4, 0.5) is 0 Å². The zero-order chi connectivity index (χ0) is 19.3. The molecule has 0 N–H and O–H groups in total. The summed E-state index contributed by atoms with van der Waals surface area (Å²) in [6, 6.07) is 18.7. The maximum Gasteiger partial charge on any atom is 0.198 e. The number of hydrogen-bond donors (Lipinski definition) is 0. The van der Waals surface area contributed by atoms with Gasteiger partial charge >= 0.3 is 0 Å². The fraction of sp³-hybridized carbons (Fsp3) is 0.100. The quantitative estimate of drug-likeness (QED) is 0.492. The summed E-state index contributed by atoms with van der Waals surface area (Å²) in [6.07, 6.45) is 1.63. The van der Waals surface area contributed by atoms with Gasteiger partial charge in [-0.3, -0.25) is 4.57 Å². The molecule has 0 saturated heterocycles. The lowest BCUT2D eigenvalue weighted by Crippen LogP contribution is -2.03. The van der Waals surface area contributed by atoms with Crippen molar-refractivity contribution in [3.63, 3.8) is 0 Å². The highest BCUT2D eigenvalue weighted by atomic mass is 32.2. The topological polar surface area (TPSA) is 89.8 Å². The number of furan rings is 1. The van der Waals surface area contributed by atoms with E-state index in [1.54, 1.807) is 25.5 Å². The lowest BCUT2D eigenvalue weighted by atomic mass is 10.2. The molecule has 0 spiro atoms. The van der Waals surface area contributed by atoms with Crippen molar-refractivity contribution >= 4 is 11.8 Å². The predicted octanol–water partition coefficient (Wildman–Crippen LogP) is 4.01. The number of methoxy groups -OCH3 is 1. The number of nitriles is 1. The Morgan fingerprint density at radius 3 is 2.82 bits per heavy atom. The molecule has 0 aliphatic carbocycles. The number of rotatable bonds is 6. The van der Waals surface area contributed by atoms with E-state index in [1.807, 2.05) is 47.0 Å². The Labute approximate surface area is 165 Å².